The number of pyridine rings is 1. The molecular weight excluding hydrogens is 292 g/mol. The van der Waals surface area contributed by atoms with Crippen LogP contribution in [0.25, 0.3) is 10.9 Å². The Morgan fingerprint density at radius 2 is 2.05 bits per heavy atom. The fourth-order valence-corrected chi connectivity index (χ4v) is 2.16. The van der Waals surface area contributed by atoms with Crippen LogP contribution in [0.1, 0.15) is 10.4 Å². The highest BCUT2D eigenvalue weighted by Crippen LogP contribution is 2.33. The molecule has 0 saturated carbocycles. The van der Waals surface area contributed by atoms with Gasteiger partial charge in [0.25, 0.3) is 11.5 Å². The number of nitrogens with zero attached hydrogens (tertiary/aromatic N) is 1. The van der Waals surface area contributed by atoms with Crippen LogP contribution in [0.2, 0.25) is 0 Å². The van der Waals surface area contributed by atoms with E-state index in [1.165, 1.54) is 18.7 Å². The highest BCUT2D eigenvalue weighted by Gasteiger charge is 2.23. The molecular formula is C14H14N2O6. The van der Waals surface area contributed by atoms with Crippen molar-refractivity contribution in [3.63, 3.8) is 0 Å². The van der Waals surface area contributed by atoms with E-state index in [0.29, 0.717) is 5.52 Å². The molecule has 2 aromatic rings. The molecule has 0 aliphatic rings. The Bertz CT molecular complexity index is 824. The molecule has 0 radical (unpaired) electrons. The Kier molecular flexibility index (Phi) is 4.02. The summed E-state index contributed by atoms with van der Waals surface area (Å²) in [5.41, 5.74) is -0.876. The lowest BCUT2D eigenvalue weighted by molar-refractivity contribution is -0.135. The quantitative estimate of drug-likeness (QED) is 0.735. The molecule has 116 valence electrons. The van der Waals surface area contributed by atoms with E-state index in [2.05, 4.69) is 5.32 Å². The van der Waals surface area contributed by atoms with Crippen LogP contribution in [-0.4, -0.2) is 40.3 Å². The second-order valence-corrected chi connectivity index (χ2v) is 4.52. The fourth-order valence-electron chi connectivity index (χ4n) is 2.16. The maximum atomic E-state index is 12.2. The first-order valence-corrected chi connectivity index (χ1v) is 6.27. The van der Waals surface area contributed by atoms with E-state index in [9.17, 15) is 19.5 Å². The van der Waals surface area contributed by atoms with E-state index in [-0.39, 0.29) is 11.1 Å². The summed E-state index contributed by atoms with van der Waals surface area (Å²) in [5, 5.41) is 21.1. The van der Waals surface area contributed by atoms with Crippen molar-refractivity contribution in [3.8, 4) is 11.5 Å². The van der Waals surface area contributed by atoms with Gasteiger partial charge in [-0.15, -0.1) is 0 Å². The van der Waals surface area contributed by atoms with Crippen LogP contribution >= 0.6 is 0 Å². The number of fused-ring (bicyclic) bond motifs is 1. The molecule has 22 heavy (non-hydrogen) atoms. The summed E-state index contributed by atoms with van der Waals surface area (Å²) in [6.07, 6.45) is 0. The number of ether oxygens (including phenoxy) is 1. The maximum absolute atomic E-state index is 12.2. The smallest absolute Gasteiger partial charge is 0.322 e. The van der Waals surface area contributed by atoms with E-state index in [1.807, 2.05) is 0 Å². The molecule has 1 amide bonds. The molecule has 0 fully saturated rings. The zero-order valence-corrected chi connectivity index (χ0v) is 11.9. The van der Waals surface area contributed by atoms with Crippen LogP contribution in [0, 0.1) is 0 Å². The van der Waals surface area contributed by atoms with E-state index >= 15 is 0 Å². The van der Waals surface area contributed by atoms with Gasteiger partial charge in [-0.05, 0) is 12.1 Å². The van der Waals surface area contributed by atoms with Crippen LogP contribution in [0.5, 0.6) is 11.5 Å². The molecule has 0 atom stereocenters. The number of carboxylic acid groups (broad SMARTS) is 1. The lowest BCUT2D eigenvalue weighted by atomic mass is 10.1. The normalized spacial score (nSPS) is 10.5. The third-order valence-electron chi connectivity index (χ3n) is 3.20. The monoisotopic (exact) mass is 306 g/mol. The van der Waals surface area contributed by atoms with Gasteiger partial charge in [-0.25, -0.2) is 0 Å². The summed E-state index contributed by atoms with van der Waals surface area (Å²) in [6, 6.07) is 4.81. The number of benzene rings is 1. The molecule has 8 nitrogen and oxygen atoms in total. The highest BCUT2D eigenvalue weighted by atomic mass is 16.5. The molecule has 3 N–H and O–H groups in total. The van der Waals surface area contributed by atoms with Crippen LogP contribution in [0.3, 0.4) is 0 Å². The minimum absolute atomic E-state index is 0.201. The molecule has 1 aromatic carbocycles. The summed E-state index contributed by atoms with van der Waals surface area (Å²) in [4.78, 5) is 34.7. The average molecular weight is 306 g/mol. The molecule has 0 spiro atoms. The van der Waals surface area contributed by atoms with Crippen LogP contribution < -0.4 is 15.6 Å². The Morgan fingerprint density at radius 1 is 1.36 bits per heavy atom. The van der Waals surface area contributed by atoms with Gasteiger partial charge in [-0.2, -0.15) is 0 Å². The molecule has 0 unspecified atom stereocenters. The van der Waals surface area contributed by atoms with Crippen molar-refractivity contribution in [1.82, 2.24) is 9.88 Å². The number of rotatable bonds is 4. The minimum atomic E-state index is -1.26. The van der Waals surface area contributed by atoms with Crippen molar-refractivity contribution < 1.29 is 24.5 Å². The second-order valence-electron chi connectivity index (χ2n) is 4.52. The summed E-state index contributed by atoms with van der Waals surface area (Å²) < 4.78 is 6.32. The largest absolute Gasteiger partial charge is 0.506 e. The second kappa shape index (κ2) is 5.76. The number of carbonyl (C=O) groups is 2. The lowest BCUT2D eigenvalue weighted by Gasteiger charge is -2.13. The summed E-state index contributed by atoms with van der Waals surface area (Å²) in [5.74, 6) is -2.48. The van der Waals surface area contributed by atoms with Crippen molar-refractivity contribution in [2.75, 3.05) is 13.7 Å². The number of aryl methyl sites for hydroxylation is 1. The summed E-state index contributed by atoms with van der Waals surface area (Å²) >= 11 is 0. The predicted octanol–water partition coefficient (Wildman–Crippen LogP) is 0.0671. The Morgan fingerprint density at radius 3 is 2.64 bits per heavy atom. The first-order valence-electron chi connectivity index (χ1n) is 6.27. The Labute approximate surface area is 124 Å². The maximum Gasteiger partial charge on any atom is 0.322 e. The predicted molar refractivity (Wildman–Crippen MR) is 77.4 cm³/mol. The first kappa shape index (κ1) is 15.4. The Balaban J connectivity index is 2.72. The van der Waals surface area contributed by atoms with Crippen molar-refractivity contribution in [2.45, 2.75) is 0 Å². The van der Waals surface area contributed by atoms with E-state index in [0.717, 1.165) is 0 Å². The fraction of sp³-hybridized carbons (Fsp3) is 0.214. The van der Waals surface area contributed by atoms with E-state index < -0.39 is 35.3 Å². The number of carbonyl (C=O) groups excluding carboxylic acids is 1. The van der Waals surface area contributed by atoms with Crippen molar-refractivity contribution in [3.05, 3.63) is 34.1 Å². The van der Waals surface area contributed by atoms with Crippen molar-refractivity contribution in [1.29, 1.82) is 0 Å². The van der Waals surface area contributed by atoms with Gasteiger partial charge in [0.15, 0.2) is 0 Å². The SMILES string of the molecule is COc1cccc2c1c(O)c(C(=O)NCC(=O)O)c(=O)n2C. The zero-order valence-electron chi connectivity index (χ0n) is 11.9. The highest BCUT2D eigenvalue weighted by molar-refractivity contribution is 6.04. The minimum Gasteiger partial charge on any atom is -0.506 e. The van der Waals surface area contributed by atoms with Gasteiger partial charge in [-0.1, -0.05) is 6.07 Å². The molecule has 1 heterocycles. The molecule has 0 aliphatic carbocycles. The molecule has 0 aliphatic heterocycles. The van der Waals surface area contributed by atoms with Crippen molar-refractivity contribution in [2.24, 2.45) is 7.05 Å². The number of aromatic nitrogens is 1. The third-order valence-corrected chi connectivity index (χ3v) is 3.20. The van der Waals surface area contributed by atoms with Gasteiger partial charge in [-0.3, -0.25) is 14.4 Å². The van der Waals surface area contributed by atoms with Gasteiger partial charge < -0.3 is 24.8 Å². The van der Waals surface area contributed by atoms with Crippen LogP contribution in [-0.2, 0) is 11.8 Å². The third kappa shape index (κ3) is 2.46. The summed E-state index contributed by atoms with van der Waals surface area (Å²) in [7, 11) is 2.83. The van der Waals surface area contributed by atoms with Gasteiger partial charge in [0.2, 0.25) is 0 Å². The number of aliphatic carboxylic acids is 1. The van der Waals surface area contributed by atoms with Gasteiger partial charge >= 0.3 is 5.97 Å². The molecule has 0 bridgehead atoms. The van der Waals surface area contributed by atoms with Gasteiger partial charge in [0.1, 0.15) is 23.6 Å². The molecule has 2 rings (SSSR count). The average Bonchev–Trinajstić information content (AvgIpc) is 2.50. The zero-order chi connectivity index (χ0) is 16.4. The van der Waals surface area contributed by atoms with Gasteiger partial charge in [0.05, 0.1) is 18.0 Å². The number of hydrogen-bond donors (Lipinski definition) is 3. The number of methoxy groups -OCH3 is 1. The lowest BCUT2D eigenvalue weighted by Crippen LogP contribution is -2.35. The number of hydrogen-bond acceptors (Lipinski definition) is 5. The standard InChI is InChI=1S/C14H14N2O6/c1-16-7-4-3-5-8(22-2)10(7)12(19)11(14(16)21)13(20)15-6-9(17)18/h3-5,19H,6H2,1-2H3,(H,15,20)(H,17,18). The number of aromatic hydroxyl groups is 1. The molecule has 8 heteroatoms. The molecule has 1 aromatic heterocycles. The van der Waals surface area contributed by atoms with Crippen LogP contribution in [0.15, 0.2) is 23.0 Å². The first-order chi connectivity index (χ1) is 10.4. The number of amides is 1. The number of carboxylic acids is 1. The van der Waals surface area contributed by atoms with Crippen LogP contribution in [0.4, 0.5) is 0 Å². The molecule has 0 saturated heterocycles. The summed E-state index contributed by atoms with van der Waals surface area (Å²) in [6.45, 7) is -0.661. The number of nitrogens with one attached hydrogen (secondary N) is 1. The van der Waals surface area contributed by atoms with E-state index in [4.69, 9.17) is 9.84 Å². The van der Waals surface area contributed by atoms with Gasteiger partial charge in [0, 0.05) is 7.05 Å². The Hall–Kier alpha value is -3.03. The van der Waals surface area contributed by atoms with Crippen molar-refractivity contribution >= 4 is 22.8 Å². The topological polar surface area (TPSA) is 118 Å². The van der Waals surface area contributed by atoms with E-state index in [1.54, 1.807) is 18.2 Å².